The Morgan fingerprint density at radius 1 is 1.41 bits per heavy atom. The fourth-order valence-corrected chi connectivity index (χ4v) is 1.68. The smallest absolute Gasteiger partial charge is 0.267 e. The predicted octanol–water partition coefficient (Wildman–Crippen LogP) is 0.955. The molecule has 0 bridgehead atoms. The van der Waals surface area contributed by atoms with Gasteiger partial charge in [-0.3, -0.25) is 9.20 Å². The molecular weight excluding hydrogens is 218 g/mol. The number of hydrogen-bond acceptors (Lipinski definition) is 3. The lowest BCUT2D eigenvalue weighted by molar-refractivity contribution is -0.116. The van der Waals surface area contributed by atoms with Gasteiger partial charge in [0.05, 0.1) is 6.20 Å². The second kappa shape index (κ2) is 4.37. The summed E-state index contributed by atoms with van der Waals surface area (Å²) in [5.74, 6) is -0.368. The Bertz CT molecular complexity index is 586. The average molecular weight is 231 g/mol. The Balaban J connectivity index is 2.37. The third kappa shape index (κ3) is 2.33. The molecule has 5 nitrogen and oxygen atoms in total. The zero-order chi connectivity index (χ0) is 12.4. The van der Waals surface area contributed by atoms with Crippen molar-refractivity contribution in [3.8, 4) is 0 Å². The number of aromatic nitrogens is 2. The van der Waals surface area contributed by atoms with Crippen molar-refractivity contribution in [3.05, 3.63) is 35.8 Å². The first-order valence-electron chi connectivity index (χ1n) is 5.33. The lowest BCUT2D eigenvalue weighted by Crippen LogP contribution is -2.13. The Hall–Kier alpha value is -2.17. The van der Waals surface area contributed by atoms with Crippen molar-refractivity contribution in [2.75, 3.05) is 0 Å². The molecule has 2 aromatic heterocycles. The minimum Gasteiger partial charge on any atom is -0.364 e. The molecule has 2 heterocycles. The van der Waals surface area contributed by atoms with E-state index in [0.29, 0.717) is 24.2 Å². The minimum atomic E-state index is -0.513. The van der Waals surface area contributed by atoms with Gasteiger partial charge in [-0.25, -0.2) is 4.98 Å². The van der Waals surface area contributed by atoms with Crippen molar-refractivity contribution in [2.45, 2.75) is 19.8 Å². The van der Waals surface area contributed by atoms with Crippen molar-refractivity contribution < 1.29 is 9.59 Å². The molecule has 0 atom stereocenters. The van der Waals surface area contributed by atoms with Crippen LogP contribution in [0.3, 0.4) is 0 Å². The Morgan fingerprint density at radius 2 is 2.18 bits per heavy atom. The van der Waals surface area contributed by atoms with E-state index in [1.807, 2.05) is 12.1 Å². The number of carbonyl (C=O) groups excluding carboxylic acids is 2. The second-order valence-electron chi connectivity index (χ2n) is 3.98. The van der Waals surface area contributed by atoms with Gasteiger partial charge in [-0.2, -0.15) is 0 Å². The van der Waals surface area contributed by atoms with Gasteiger partial charge >= 0.3 is 0 Å². The molecule has 2 rings (SSSR count). The number of hydrogen-bond donors (Lipinski definition) is 1. The van der Waals surface area contributed by atoms with Crippen LogP contribution in [0, 0.1) is 0 Å². The SMILES string of the molecule is CC(=O)CCc1ccc2ncc(C(N)=O)n2c1. The van der Waals surface area contributed by atoms with Crippen molar-refractivity contribution in [2.24, 2.45) is 5.73 Å². The molecule has 2 N–H and O–H groups in total. The average Bonchev–Trinajstić information content (AvgIpc) is 2.69. The topological polar surface area (TPSA) is 77.5 Å². The molecule has 2 aromatic rings. The van der Waals surface area contributed by atoms with E-state index in [9.17, 15) is 9.59 Å². The number of imidazole rings is 1. The molecule has 88 valence electrons. The molecule has 1 amide bonds. The predicted molar refractivity (Wildman–Crippen MR) is 62.7 cm³/mol. The van der Waals surface area contributed by atoms with Crippen LogP contribution >= 0.6 is 0 Å². The molecule has 5 heteroatoms. The maximum Gasteiger partial charge on any atom is 0.267 e. The minimum absolute atomic E-state index is 0.144. The van der Waals surface area contributed by atoms with Gasteiger partial charge in [0.1, 0.15) is 17.1 Å². The van der Waals surface area contributed by atoms with E-state index in [1.165, 1.54) is 6.20 Å². The third-order valence-corrected chi connectivity index (χ3v) is 2.59. The van der Waals surface area contributed by atoms with Crippen LogP contribution in [0.5, 0.6) is 0 Å². The fourth-order valence-electron chi connectivity index (χ4n) is 1.68. The molecule has 0 aliphatic heterocycles. The fraction of sp³-hybridized carbons (Fsp3) is 0.250. The summed E-state index contributed by atoms with van der Waals surface area (Å²) in [7, 11) is 0. The number of pyridine rings is 1. The van der Waals surface area contributed by atoms with Gasteiger partial charge in [0, 0.05) is 12.6 Å². The quantitative estimate of drug-likeness (QED) is 0.851. The van der Waals surface area contributed by atoms with Crippen LogP contribution in [0.25, 0.3) is 5.65 Å². The van der Waals surface area contributed by atoms with E-state index in [2.05, 4.69) is 4.98 Å². The van der Waals surface area contributed by atoms with E-state index >= 15 is 0 Å². The number of amides is 1. The number of Topliss-reactive ketones (excluding diaryl/α,β-unsaturated/α-hetero) is 1. The first-order chi connectivity index (χ1) is 8.08. The summed E-state index contributed by atoms with van der Waals surface area (Å²) < 4.78 is 1.65. The summed E-state index contributed by atoms with van der Waals surface area (Å²) in [4.78, 5) is 26.1. The van der Waals surface area contributed by atoms with Gasteiger partial charge in [0.15, 0.2) is 0 Å². The number of aryl methyl sites for hydroxylation is 1. The van der Waals surface area contributed by atoms with Crippen LogP contribution in [0.15, 0.2) is 24.5 Å². The van der Waals surface area contributed by atoms with Gasteiger partial charge in [0.25, 0.3) is 5.91 Å². The molecule has 0 spiro atoms. The van der Waals surface area contributed by atoms with Gasteiger partial charge in [-0.15, -0.1) is 0 Å². The van der Waals surface area contributed by atoms with Crippen LogP contribution in [0.1, 0.15) is 29.4 Å². The van der Waals surface area contributed by atoms with Gasteiger partial charge in [0.2, 0.25) is 0 Å². The Morgan fingerprint density at radius 3 is 2.82 bits per heavy atom. The summed E-state index contributed by atoms with van der Waals surface area (Å²) in [6, 6.07) is 3.71. The Kier molecular flexibility index (Phi) is 2.91. The van der Waals surface area contributed by atoms with E-state index in [4.69, 9.17) is 5.73 Å². The normalized spacial score (nSPS) is 10.6. The number of nitrogens with zero attached hydrogens (tertiary/aromatic N) is 2. The molecule has 17 heavy (non-hydrogen) atoms. The summed E-state index contributed by atoms with van der Waals surface area (Å²) >= 11 is 0. The summed E-state index contributed by atoms with van der Waals surface area (Å²) in [6.45, 7) is 1.56. The highest BCUT2D eigenvalue weighted by molar-refractivity contribution is 5.91. The van der Waals surface area contributed by atoms with E-state index in [-0.39, 0.29) is 5.78 Å². The molecule has 0 aliphatic rings. The van der Waals surface area contributed by atoms with Crippen LogP contribution in [0.4, 0.5) is 0 Å². The van der Waals surface area contributed by atoms with Crippen molar-refractivity contribution in [3.63, 3.8) is 0 Å². The monoisotopic (exact) mass is 231 g/mol. The molecule has 0 fully saturated rings. The van der Waals surface area contributed by atoms with Gasteiger partial charge in [-0.1, -0.05) is 6.07 Å². The largest absolute Gasteiger partial charge is 0.364 e. The van der Waals surface area contributed by atoms with Gasteiger partial charge < -0.3 is 10.5 Å². The number of rotatable bonds is 4. The standard InChI is InChI=1S/C12H13N3O2/c1-8(16)2-3-9-4-5-11-14-6-10(12(13)17)15(11)7-9/h4-7H,2-3H2,1H3,(H2,13,17). The molecule has 0 radical (unpaired) electrons. The van der Waals surface area contributed by atoms with Gasteiger partial charge in [-0.05, 0) is 25.0 Å². The van der Waals surface area contributed by atoms with Crippen molar-refractivity contribution in [1.82, 2.24) is 9.38 Å². The molecule has 0 unspecified atom stereocenters. The van der Waals surface area contributed by atoms with Crippen LogP contribution in [-0.4, -0.2) is 21.1 Å². The third-order valence-electron chi connectivity index (χ3n) is 2.59. The van der Waals surface area contributed by atoms with E-state index in [0.717, 1.165) is 5.56 Å². The summed E-state index contributed by atoms with van der Waals surface area (Å²) in [6.07, 6.45) is 4.39. The summed E-state index contributed by atoms with van der Waals surface area (Å²) in [5, 5.41) is 0. The van der Waals surface area contributed by atoms with Crippen LogP contribution < -0.4 is 5.73 Å². The zero-order valence-corrected chi connectivity index (χ0v) is 9.51. The zero-order valence-electron chi connectivity index (χ0n) is 9.51. The van der Waals surface area contributed by atoms with Crippen molar-refractivity contribution >= 4 is 17.3 Å². The molecule has 0 aliphatic carbocycles. The lowest BCUT2D eigenvalue weighted by atomic mass is 10.1. The highest BCUT2D eigenvalue weighted by atomic mass is 16.1. The molecule has 0 saturated carbocycles. The second-order valence-corrected chi connectivity index (χ2v) is 3.98. The number of fused-ring (bicyclic) bond motifs is 1. The Labute approximate surface area is 98.3 Å². The number of ketones is 1. The van der Waals surface area contributed by atoms with Crippen molar-refractivity contribution in [1.29, 1.82) is 0 Å². The van der Waals surface area contributed by atoms with Crippen LogP contribution in [-0.2, 0) is 11.2 Å². The maximum absolute atomic E-state index is 11.2. The lowest BCUT2D eigenvalue weighted by Gasteiger charge is -2.02. The van der Waals surface area contributed by atoms with E-state index < -0.39 is 5.91 Å². The first-order valence-corrected chi connectivity index (χ1v) is 5.33. The van der Waals surface area contributed by atoms with Crippen LogP contribution in [0.2, 0.25) is 0 Å². The number of carbonyl (C=O) groups is 2. The summed E-state index contributed by atoms with van der Waals surface area (Å²) in [5.41, 5.74) is 7.25. The number of nitrogens with two attached hydrogens (primary N) is 1. The molecule has 0 saturated heterocycles. The highest BCUT2D eigenvalue weighted by Gasteiger charge is 2.08. The molecular formula is C12H13N3O2. The molecule has 0 aromatic carbocycles. The number of primary amides is 1. The van der Waals surface area contributed by atoms with E-state index in [1.54, 1.807) is 17.5 Å². The highest BCUT2D eigenvalue weighted by Crippen LogP contribution is 2.10. The first kappa shape index (κ1) is 11.3. The maximum atomic E-state index is 11.2.